The molecular formula is C10H7FN2O. The largest absolute Gasteiger partial charge is 0.329 e. The zero-order valence-electron chi connectivity index (χ0n) is 7.20. The van der Waals surface area contributed by atoms with Crippen molar-refractivity contribution in [1.82, 2.24) is 4.98 Å². The van der Waals surface area contributed by atoms with Crippen molar-refractivity contribution in [1.29, 1.82) is 0 Å². The quantitative estimate of drug-likeness (QED) is 0.735. The van der Waals surface area contributed by atoms with Crippen LogP contribution < -0.4 is 5.32 Å². The van der Waals surface area contributed by atoms with Gasteiger partial charge in [-0.2, -0.15) is 0 Å². The summed E-state index contributed by atoms with van der Waals surface area (Å²) in [6.45, 7) is 0. The second-order valence-corrected chi connectivity index (χ2v) is 2.82. The molecule has 14 heavy (non-hydrogen) atoms. The molecule has 3 nitrogen and oxygen atoms in total. The van der Waals surface area contributed by atoms with Crippen LogP contribution in [-0.2, 0) is 4.79 Å². The van der Waals surface area contributed by atoms with Gasteiger partial charge in [0.25, 0.3) is 0 Å². The predicted octanol–water partition coefficient (Wildman–Crippen LogP) is 1.94. The van der Waals surface area contributed by atoms with Crippen molar-refractivity contribution in [2.45, 2.75) is 0 Å². The maximum Gasteiger partial charge on any atom is 0.211 e. The highest BCUT2D eigenvalue weighted by Gasteiger charge is 1.98. The summed E-state index contributed by atoms with van der Waals surface area (Å²) < 4.78 is 12.8. The van der Waals surface area contributed by atoms with E-state index in [1.165, 1.54) is 6.07 Å². The van der Waals surface area contributed by atoms with Crippen LogP contribution in [0.3, 0.4) is 0 Å². The van der Waals surface area contributed by atoms with E-state index < -0.39 is 0 Å². The number of halogens is 1. The maximum atomic E-state index is 12.8. The van der Waals surface area contributed by atoms with E-state index in [1.54, 1.807) is 18.2 Å². The molecule has 0 aliphatic carbocycles. The van der Waals surface area contributed by atoms with E-state index in [0.717, 1.165) is 6.20 Å². The molecule has 0 saturated heterocycles. The summed E-state index contributed by atoms with van der Waals surface area (Å²) in [5, 5.41) is 3.15. The molecular weight excluding hydrogens is 183 g/mol. The first-order chi connectivity index (χ1) is 6.79. The number of nitrogens with zero attached hydrogens (tertiary/aromatic N) is 1. The minimum atomic E-state index is -0.388. The fraction of sp³-hybridized carbons (Fsp3) is 0. The lowest BCUT2D eigenvalue weighted by molar-refractivity contribution is -0.105. The van der Waals surface area contributed by atoms with Gasteiger partial charge >= 0.3 is 0 Å². The van der Waals surface area contributed by atoms with Crippen LogP contribution in [0.4, 0.5) is 10.1 Å². The molecule has 0 spiro atoms. The van der Waals surface area contributed by atoms with Crippen LogP contribution in [0.15, 0.2) is 30.5 Å². The van der Waals surface area contributed by atoms with E-state index >= 15 is 0 Å². The van der Waals surface area contributed by atoms with Crippen molar-refractivity contribution >= 4 is 23.0 Å². The average molecular weight is 190 g/mol. The Bertz CT molecular complexity index is 485. The Kier molecular flexibility index (Phi) is 2.10. The molecule has 0 atom stereocenters. The van der Waals surface area contributed by atoms with Crippen LogP contribution >= 0.6 is 0 Å². The summed E-state index contributed by atoms with van der Waals surface area (Å²) >= 11 is 0. The van der Waals surface area contributed by atoms with Gasteiger partial charge in [-0.25, -0.2) is 4.39 Å². The van der Waals surface area contributed by atoms with Gasteiger partial charge in [0.15, 0.2) is 0 Å². The fourth-order valence-corrected chi connectivity index (χ4v) is 1.26. The molecule has 1 aromatic carbocycles. The molecule has 2 aromatic rings. The zero-order chi connectivity index (χ0) is 9.97. The van der Waals surface area contributed by atoms with E-state index in [0.29, 0.717) is 23.0 Å². The molecule has 0 fully saturated rings. The summed E-state index contributed by atoms with van der Waals surface area (Å²) in [4.78, 5) is 14.1. The summed E-state index contributed by atoms with van der Waals surface area (Å²) in [7, 11) is 0. The van der Waals surface area contributed by atoms with Gasteiger partial charge in [-0.15, -0.1) is 0 Å². The Balaban J connectivity index is 2.57. The lowest BCUT2D eigenvalue weighted by Gasteiger charge is -2.00. The fourth-order valence-electron chi connectivity index (χ4n) is 1.26. The highest BCUT2D eigenvalue weighted by molar-refractivity contribution is 5.85. The molecule has 70 valence electrons. The monoisotopic (exact) mass is 190 g/mol. The van der Waals surface area contributed by atoms with Gasteiger partial charge in [0.2, 0.25) is 6.41 Å². The second-order valence-electron chi connectivity index (χ2n) is 2.82. The van der Waals surface area contributed by atoms with Crippen LogP contribution in [0.5, 0.6) is 0 Å². The van der Waals surface area contributed by atoms with E-state index in [2.05, 4.69) is 10.3 Å². The molecule has 2 rings (SSSR count). The molecule has 0 saturated carbocycles. The van der Waals surface area contributed by atoms with E-state index in [4.69, 9.17) is 0 Å². The Morgan fingerprint density at radius 2 is 2.21 bits per heavy atom. The number of fused-ring (bicyclic) bond motifs is 1. The standard InChI is InChI=1S/C10H7FN2O/c11-8-3-7-4-9(13-6-14)1-2-10(7)12-5-8/h1-6H,(H,13,14). The van der Waals surface area contributed by atoms with Crippen molar-refractivity contribution in [3.05, 3.63) is 36.3 Å². The predicted molar refractivity (Wildman–Crippen MR) is 51.4 cm³/mol. The van der Waals surface area contributed by atoms with Crippen molar-refractivity contribution < 1.29 is 9.18 Å². The number of hydrogen-bond donors (Lipinski definition) is 1. The Labute approximate surface area is 79.6 Å². The van der Waals surface area contributed by atoms with Gasteiger partial charge < -0.3 is 5.32 Å². The third-order valence-electron chi connectivity index (χ3n) is 1.87. The third kappa shape index (κ3) is 1.54. The minimum absolute atomic E-state index is 0.388. The SMILES string of the molecule is O=CNc1ccc2ncc(F)cc2c1. The van der Waals surface area contributed by atoms with Gasteiger partial charge in [-0.3, -0.25) is 9.78 Å². The van der Waals surface area contributed by atoms with Crippen molar-refractivity contribution in [3.8, 4) is 0 Å². The molecule has 0 aliphatic heterocycles. The van der Waals surface area contributed by atoms with E-state index in [1.807, 2.05) is 0 Å². The first kappa shape index (κ1) is 8.62. The lowest BCUT2D eigenvalue weighted by atomic mass is 10.2. The lowest BCUT2D eigenvalue weighted by Crippen LogP contribution is -1.93. The van der Waals surface area contributed by atoms with Gasteiger partial charge in [0, 0.05) is 11.1 Å². The molecule has 0 radical (unpaired) electrons. The van der Waals surface area contributed by atoms with Crippen LogP contribution in [0.1, 0.15) is 0 Å². The number of hydrogen-bond acceptors (Lipinski definition) is 2. The smallest absolute Gasteiger partial charge is 0.211 e. The first-order valence-corrected chi connectivity index (χ1v) is 4.05. The second kappa shape index (κ2) is 3.41. The molecule has 4 heteroatoms. The summed E-state index contributed by atoms with van der Waals surface area (Å²) in [6, 6.07) is 6.47. The number of carbonyl (C=O) groups excluding carboxylic acids is 1. The topological polar surface area (TPSA) is 42.0 Å². The van der Waals surface area contributed by atoms with Crippen molar-refractivity contribution in [3.63, 3.8) is 0 Å². The zero-order valence-corrected chi connectivity index (χ0v) is 7.20. The van der Waals surface area contributed by atoms with E-state index in [9.17, 15) is 9.18 Å². The van der Waals surface area contributed by atoms with Gasteiger partial charge in [-0.05, 0) is 24.3 Å². The van der Waals surface area contributed by atoms with Crippen LogP contribution in [0, 0.1) is 5.82 Å². The maximum absolute atomic E-state index is 12.8. The number of carbonyl (C=O) groups is 1. The number of amides is 1. The average Bonchev–Trinajstić information content (AvgIpc) is 2.17. The van der Waals surface area contributed by atoms with Crippen molar-refractivity contribution in [2.75, 3.05) is 5.32 Å². The molecule has 1 amide bonds. The highest BCUT2D eigenvalue weighted by Crippen LogP contribution is 2.17. The summed E-state index contributed by atoms with van der Waals surface area (Å²) in [5.41, 5.74) is 1.32. The van der Waals surface area contributed by atoms with E-state index in [-0.39, 0.29) is 5.82 Å². The third-order valence-corrected chi connectivity index (χ3v) is 1.87. The highest BCUT2D eigenvalue weighted by atomic mass is 19.1. The number of aromatic nitrogens is 1. The molecule has 1 aromatic heterocycles. The Morgan fingerprint density at radius 1 is 1.36 bits per heavy atom. The Morgan fingerprint density at radius 3 is 3.00 bits per heavy atom. The Hall–Kier alpha value is -1.97. The number of anilines is 1. The summed E-state index contributed by atoms with van der Waals surface area (Å²) in [5.74, 6) is -0.388. The normalized spacial score (nSPS) is 10.1. The van der Waals surface area contributed by atoms with Crippen LogP contribution in [0.25, 0.3) is 10.9 Å². The van der Waals surface area contributed by atoms with Gasteiger partial charge in [-0.1, -0.05) is 0 Å². The van der Waals surface area contributed by atoms with Crippen LogP contribution in [0.2, 0.25) is 0 Å². The molecule has 0 bridgehead atoms. The molecule has 1 N–H and O–H groups in total. The van der Waals surface area contributed by atoms with Gasteiger partial charge in [0.1, 0.15) is 5.82 Å². The summed E-state index contributed by atoms with van der Waals surface area (Å²) in [6.07, 6.45) is 1.74. The molecule has 0 unspecified atom stereocenters. The van der Waals surface area contributed by atoms with Gasteiger partial charge in [0.05, 0.1) is 11.7 Å². The number of rotatable bonds is 2. The number of benzene rings is 1. The van der Waals surface area contributed by atoms with Crippen molar-refractivity contribution in [2.24, 2.45) is 0 Å². The van der Waals surface area contributed by atoms with Crippen LogP contribution in [-0.4, -0.2) is 11.4 Å². The number of pyridine rings is 1. The molecule has 1 heterocycles. The number of nitrogens with one attached hydrogen (secondary N) is 1. The molecule has 0 aliphatic rings. The first-order valence-electron chi connectivity index (χ1n) is 4.05. The minimum Gasteiger partial charge on any atom is -0.329 e.